The topological polar surface area (TPSA) is 12.0 Å². The Hall–Kier alpha value is -1.54. The Morgan fingerprint density at radius 2 is 1.90 bits per heavy atom. The number of nitrogens with one attached hydrogen (secondary N) is 1. The molecule has 2 aromatic rings. The standard InChI is InChI=1S/C19H18BrN/c1-12-5-7-13(8-6-12)19-16-4-2-3-15(16)17-11-14(20)9-10-18(17)21-19/h2-3,5-11,15-16,19,21H,4H2,1H3/t15-,16+,19+/m1/s1. The maximum Gasteiger partial charge on any atom is 0.0553 e. The summed E-state index contributed by atoms with van der Waals surface area (Å²) < 4.78 is 1.16. The van der Waals surface area contributed by atoms with Crippen LogP contribution in [0.25, 0.3) is 0 Å². The lowest BCUT2D eigenvalue weighted by Crippen LogP contribution is -2.29. The number of halogens is 1. The number of allylic oxidation sites excluding steroid dienone is 2. The van der Waals surface area contributed by atoms with Crippen LogP contribution >= 0.6 is 15.9 Å². The van der Waals surface area contributed by atoms with Crippen molar-refractivity contribution in [2.75, 3.05) is 5.32 Å². The van der Waals surface area contributed by atoms with Gasteiger partial charge in [0, 0.05) is 16.1 Å². The summed E-state index contributed by atoms with van der Waals surface area (Å²) in [7, 11) is 0. The second-order valence-electron chi connectivity index (χ2n) is 6.12. The van der Waals surface area contributed by atoms with Crippen LogP contribution < -0.4 is 5.32 Å². The van der Waals surface area contributed by atoms with Gasteiger partial charge in [-0.3, -0.25) is 0 Å². The number of hydrogen-bond acceptors (Lipinski definition) is 1. The van der Waals surface area contributed by atoms with E-state index in [4.69, 9.17) is 0 Å². The van der Waals surface area contributed by atoms with Crippen LogP contribution in [0.2, 0.25) is 0 Å². The Labute approximate surface area is 134 Å². The molecule has 1 aliphatic carbocycles. The van der Waals surface area contributed by atoms with Gasteiger partial charge in [-0.25, -0.2) is 0 Å². The maximum atomic E-state index is 3.77. The van der Waals surface area contributed by atoms with Crippen LogP contribution in [-0.4, -0.2) is 0 Å². The van der Waals surface area contributed by atoms with Crippen molar-refractivity contribution < 1.29 is 0 Å². The second kappa shape index (κ2) is 5.03. The first-order valence-corrected chi connectivity index (χ1v) is 8.31. The normalized spacial score (nSPS) is 26.1. The van der Waals surface area contributed by atoms with Gasteiger partial charge < -0.3 is 5.32 Å². The van der Waals surface area contributed by atoms with Crippen LogP contribution in [0.4, 0.5) is 5.69 Å². The van der Waals surface area contributed by atoms with E-state index in [1.54, 1.807) is 0 Å². The number of aryl methyl sites for hydroxylation is 1. The third-order valence-electron chi connectivity index (χ3n) is 4.76. The fourth-order valence-corrected chi connectivity index (χ4v) is 4.05. The third-order valence-corrected chi connectivity index (χ3v) is 5.25. The van der Waals surface area contributed by atoms with Crippen LogP contribution in [0.15, 0.2) is 59.1 Å². The first-order chi connectivity index (χ1) is 10.2. The molecule has 1 aliphatic heterocycles. The first-order valence-electron chi connectivity index (χ1n) is 7.51. The van der Waals surface area contributed by atoms with Crippen molar-refractivity contribution in [3.05, 3.63) is 75.8 Å². The molecule has 0 spiro atoms. The Morgan fingerprint density at radius 1 is 1.10 bits per heavy atom. The SMILES string of the molecule is Cc1ccc([C@@H]2Nc3ccc(Br)cc3[C@@H]3C=CC[C@@H]32)cc1. The molecule has 2 aromatic carbocycles. The predicted molar refractivity (Wildman–Crippen MR) is 91.7 cm³/mol. The van der Waals surface area contributed by atoms with Crippen molar-refractivity contribution in [3.8, 4) is 0 Å². The molecular formula is C19H18BrN. The molecule has 0 unspecified atom stereocenters. The Balaban J connectivity index is 1.78. The number of rotatable bonds is 1. The van der Waals surface area contributed by atoms with E-state index in [0.29, 0.717) is 17.9 Å². The van der Waals surface area contributed by atoms with Gasteiger partial charge in [0.1, 0.15) is 0 Å². The van der Waals surface area contributed by atoms with E-state index in [2.05, 4.69) is 82.8 Å². The minimum absolute atomic E-state index is 0.402. The molecule has 4 rings (SSSR count). The van der Waals surface area contributed by atoms with E-state index in [-0.39, 0.29) is 0 Å². The number of anilines is 1. The quantitative estimate of drug-likeness (QED) is 0.668. The Bertz CT molecular complexity index is 702. The smallest absolute Gasteiger partial charge is 0.0553 e. The van der Waals surface area contributed by atoms with Gasteiger partial charge in [-0.15, -0.1) is 0 Å². The van der Waals surface area contributed by atoms with Gasteiger partial charge in [0.25, 0.3) is 0 Å². The Kier molecular flexibility index (Phi) is 3.15. The Morgan fingerprint density at radius 3 is 2.71 bits per heavy atom. The highest BCUT2D eigenvalue weighted by atomic mass is 79.9. The number of benzene rings is 2. The van der Waals surface area contributed by atoms with Crippen molar-refractivity contribution in [1.82, 2.24) is 0 Å². The van der Waals surface area contributed by atoms with Gasteiger partial charge in [-0.1, -0.05) is 57.9 Å². The summed E-state index contributed by atoms with van der Waals surface area (Å²) in [5.41, 5.74) is 5.41. The largest absolute Gasteiger partial charge is 0.378 e. The average Bonchev–Trinajstić information content (AvgIpc) is 2.97. The van der Waals surface area contributed by atoms with Crippen LogP contribution in [0, 0.1) is 12.8 Å². The molecule has 106 valence electrons. The summed E-state index contributed by atoms with van der Waals surface area (Å²) in [6.07, 6.45) is 5.88. The fourth-order valence-electron chi connectivity index (χ4n) is 3.67. The molecule has 0 saturated heterocycles. The first kappa shape index (κ1) is 13.1. The summed E-state index contributed by atoms with van der Waals surface area (Å²) in [6, 6.07) is 16.0. The minimum atomic E-state index is 0.402. The average molecular weight is 340 g/mol. The highest BCUT2D eigenvalue weighted by Gasteiger charge is 2.37. The summed E-state index contributed by atoms with van der Waals surface area (Å²) in [4.78, 5) is 0. The fraction of sp³-hybridized carbons (Fsp3) is 0.263. The van der Waals surface area contributed by atoms with Crippen molar-refractivity contribution in [3.63, 3.8) is 0 Å². The zero-order chi connectivity index (χ0) is 14.4. The summed E-state index contributed by atoms with van der Waals surface area (Å²) in [5, 5.41) is 3.77. The molecular weight excluding hydrogens is 322 g/mol. The van der Waals surface area contributed by atoms with Gasteiger partial charge in [-0.2, -0.15) is 0 Å². The molecule has 2 heteroatoms. The highest BCUT2D eigenvalue weighted by Crippen LogP contribution is 2.50. The predicted octanol–water partition coefficient (Wildman–Crippen LogP) is 5.58. The zero-order valence-corrected chi connectivity index (χ0v) is 13.6. The van der Waals surface area contributed by atoms with Crippen molar-refractivity contribution in [1.29, 1.82) is 0 Å². The van der Waals surface area contributed by atoms with Gasteiger partial charge in [0.15, 0.2) is 0 Å². The van der Waals surface area contributed by atoms with E-state index in [0.717, 1.165) is 10.9 Å². The minimum Gasteiger partial charge on any atom is -0.378 e. The van der Waals surface area contributed by atoms with Crippen LogP contribution in [-0.2, 0) is 0 Å². The molecule has 1 heterocycles. The zero-order valence-electron chi connectivity index (χ0n) is 12.0. The van der Waals surface area contributed by atoms with Gasteiger partial charge >= 0.3 is 0 Å². The lowest BCUT2D eigenvalue weighted by molar-refractivity contribution is 0.425. The summed E-state index contributed by atoms with van der Waals surface area (Å²) in [6.45, 7) is 2.14. The highest BCUT2D eigenvalue weighted by molar-refractivity contribution is 9.10. The van der Waals surface area contributed by atoms with Gasteiger partial charge in [0.2, 0.25) is 0 Å². The van der Waals surface area contributed by atoms with Crippen LogP contribution in [0.1, 0.15) is 35.1 Å². The van der Waals surface area contributed by atoms with Gasteiger partial charge in [0.05, 0.1) is 6.04 Å². The summed E-state index contributed by atoms with van der Waals surface area (Å²) >= 11 is 3.60. The number of fused-ring (bicyclic) bond motifs is 3. The molecule has 21 heavy (non-hydrogen) atoms. The lowest BCUT2D eigenvalue weighted by Gasteiger charge is -2.37. The van der Waals surface area contributed by atoms with Crippen molar-refractivity contribution >= 4 is 21.6 Å². The molecule has 0 bridgehead atoms. The third kappa shape index (κ3) is 2.22. The molecule has 3 atom stereocenters. The molecule has 0 amide bonds. The van der Waals surface area contributed by atoms with Crippen LogP contribution in [0.3, 0.4) is 0 Å². The molecule has 1 N–H and O–H groups in total. The van der Waals surface area contributed by atoms with E-state index in [1.165, 1.54) is 22.4 Å². The van der Waals surface area contributed by atoms with E-state index in [9.17, 15) is 0 Å². The maximum absolute atomic E-state index is 3.77. The van der Waals surface area contributed by atoms with E-state index >= 15 is 0 Å². The molecule has 2 aliphatic rings. The van der Waals surface area contributed by atoms with Crippen LogP contribution in [0.5, 0.6) is 0 Å². The van der Waals surface area contributed by atoms with Gasteiger partial charge in [-0.05, 0) is 48.6 Å². The molecule has 0 aromatic heterocycles. The molecule has 0 fully saturated rings. The monoisotopic (exact) mass is 339 g/mol. The number of hydrogen-bond donors (Lipinski definition) is 1. The second-order valence-corrected chi connectivity index (χ2v) is 7.03. The van der Waals surface area contributed by atoms with Crippen molar-refractivity contribution in [2.24, 2.45) is 5.92 Å². The van der Waals surface area contributed by atoms with E-state index in [1.807, 2.05) is 0 Å². The molecule has 0 saturated carbocycles. The molecule has 1 nitrogen and oxygen atoms in total. The lowest BCUT2D eigenvalue weighted by atomic mass is 9.77. The molecule has 0 radical (unpaired) electrons. The van der Waals surface area contributed by atoms with E-state index < -0.39 is 0 Å². The summed E-state index contributed by atoms with van der Waals surface area (Å²) in [5.74, 6) is 1.15. The van der Waals surface area contributed by atoms with Crippen molar-refractivity contribution in [2.45, 2.75) is 25.3 Å².